The Morgan fingerprint density at radius 3 is 2.49 bits per heavy atom. The van der Waals surface area contributed by atoms with Crippen molar-refractivity contribution in [3.05, 3.63) is 76.3 Å². The normalized spacial score (nSPS) is 13.2. The molecule has 0 radical (unpaired) electrons. The van der Waals surface area contributed by atoms with Crippen molar-refractivity contribution in [1.29, 1.82) is 0 Å². The topological polar surface area (TPSA) is 69.7 Å². The Labute approximate surface area is 214 Å². The van der Waals surface area contributed by atoms with Gasteiger partial charge in [0, 0.05) is 41.5 Å². The highest BCUT2D eigenvalue weighted by atomic mass is 79.9. The Hall–Kier alpha value is -3.19. The number of carbonyl (C=O) groups excluding carboxylic acids is 3. The Balaban J connectivity index is 1.45. The average molecular weight is 536 g/mol. The SMILES string of the molecule is CCCNC(=O)[C@@H](C)N(Cc1ccc(Br)cc1)C(=O)CCCN1C(=O)c2cccc3cccc1c23. The van der Waals surface area contributed by atoms with Crippen molar-refractivity contribution in [3.8, 4) is 0 Å². The number of benzene rings is 3. The standard InChI is InChI=1S/C28H30BrN3O3/c1-3-16-30-27(34)19(2)32(18-20-12-14-22(29)15-13-20)25(33)11-6-17-31-24-10-5-8-21-7-4-9-23(26(21)24)28(31)35/h4-5,7-10,12-15,19H,3,6,11,16-18H2,1-2H3,(H,30,34)/t19-/m1/s1. The summed E-state index contributed by atoms with van der Waals surface area (Å²) in [7, 11) is 0. The molecule has 1 N–H and O–H groups in total. The molecule has 1 aliphatic heterocycles. The second-order valence-electron chi connectivity index (χ2n) is 8.86. The van der Waals surface area contributed by atoms with Gasteiger partial charge in [0.2, 0.25) is 11.8 Å². The van der Waals surface area contributed by atoms with Gasteiger partial charge in [0.15, 0.2) is 0 Å². The summed E-state index contributed by atoms with van der Waals surface area (Å²) < 4.78 is 0.958. The zero-order chi connectivity index (χ0) is 24.9. The predicted molar refractivity (Wildman–Crippen MR) is 142 cm³/mol. The third-order valence-corrected chi connectivity index (χ3v) is 6.93. The van der Waals surface area contributed by atoms with Crippen LogP contribution in [0.3, 0.4) is 0 Å². The molecule has 35 heavy (non-hydrogen) atoms. The van der Waals surface area contributed by atoms with Crippen LogP contribution >= 0.6 is 15.9 Å². The lowest BCUT2D eigenvalue weighted by Gasteiger charge is -2.29. The number of amides is 3. The summed E-state index contributed by atoms with van der Waals surface area (Å²) in [5.41, 5.74) is 2.56. The summed E-state index contributed by atoms with van der Waals surface area (Å²) in [5, 5.41) is 4.91. The van der Waals surface area contributed by atoms with Crippen LogP contribution in [0.4, 0.5) is 5.69 Å². The van der Waals surface area contributed by atoms with E-state index >= 15 is 0 Å². The number of halogens is 1. The quantitative estimate of drug-likeness (QED) is 0.383. The molecule has 3 amide bonds. The summed E-state index contributed by atoms with van der Waals surface area (Å²) in [6, 6.07) is 18.8. The fourth-order valence-corrected chi connectivity index (χ4v) is 4.76. The van der Waals surface area contributed by atoms with E-state index in [-0.39, 0.29) is 24.1 Å². The van der Waals surface area contributed by atoms with E-state index in [9.17, 15) is 14.4 Å². The largest absolute Gasteiger partial charge is 0.354 e. The van der Waals surface area contributed by atoms with Crippen molar-refractivity contribution in [2.24, 2.45) is 0 Å². The molecule has 0 unspecified atom stereocenters. The Kier molecular flexibility index (Phi) is 7.86. The predicted octanol–water partition coefficient (Wildman–Crippen LogP) is 5.29. The maximum Gasteiger partial charge on any atom is 0.258 e. The monoisotopic (exact) mass is 535 g/mol. The zero-order valence-corrected chi connectivity index (χ0v) is 21.7. The highest BCUT2D eigenvalue weighted by Gasteiger charge is 2.30. The molecule has 0 saturated carbocycles. The van der Waals surface area contributed by atoms with Crippen LogP contribution in [0.15, 0.2) is 65.1 Å². The molecule has 182 valence electrons. The molecule has 0 aromatic heterocycles. The van der Waals surface area contributed by atoms with E-state index in [0.29, 0.717) is 31.6 Å². The molecule has 7 heteroatoms. The molecule has 6 nitrogen and oxygen atoms in total. The van der Waals surface area contributed by atoms with E-state index in [1.165, 1.54) is 0 Å². The summed E-state index contributed by atoms with van der Waals surface area (Å²) >= 11 is 3.44. The molecular formula is C28H30BrN3O3. The minimum Gasteiger partial charge on any atom is -0.354 e. The van der Waals surface area contributed by atoms with Gasteiger partial charge in [0.05, 0.1) is 5.69 Å². The van der Waals surface area contributed by atoms with Crippen LogP contribution in [0.25, 0.3) is 10.8 Å². The Morgan fingerprint density at radius 1 is 1.06 bits per heavy atom. The van der Waals surface area contributed by atoms with E-state index in [0.717, 1.165) is 32.9 Å². The number of anilines is 1. The Bertz CT molecular complexity index is 1240. The van der Waals surface area contributed by atoms with Crippen LogP contribution < -0.4 is 10.2 Å². The van der Waals surface area contributed by atoms with Crippen LogP contribution in [0.1, 0.15) is 49.0 Å². The second-order valence-corrected chi connectivity index (χ2v) is 9.77. The third kappa shape index (κ3) is 5.40. The van der Waals surface area contributed by atoms with Gasteiger partial charge in [-0.2, -0.15) is 0 Å². The maximum absolute atomic E-state index is 13.3. The molecule has 3 aromatic carbocycles. The van der Waals surface area contributed by atoms with E-state index in [1.54, 1.807) is 16.7 Å². The van der Waals surface area contributed by atoms with Gasteiger partial charge in [-0.3, -0.25) is 14.4 Å². The fourth-order valence-electron chi connectivity index (χ4n) is 4.50. The van der Waals surface area contributed by atoms with Crippen molar-refractivity contribution >= 4 is 50.1 Å². The first-order valence-electron chi connectivity index (χ1n) is 12.1. The highest BCUT2D eigenvalue weighted by molar-refractivity contribution is 9.10. The highest BCUT2D eigenvalue weighted by Crippen LogP contribution is 2.37. The van der Waals surface area contributed by atoms with Crippen molar-refractivity contribution in [3.63, 3.8) is 0 Å². The number of nitrogens with one attached hydrogen (secondary N) is 1. The van der Waals surface area contributed by atoms with Crippen molar-refractivity contribution in [2.75, 3.05) is 18.0 Å². The molecule has 1 atom stereocenters. The molecule has 0 saturated heterocycles. The lowest BCUT2D eigenvalue weighted by molar-refractivity contribution is -0.140. The summed E-state index contributed by atoms with van der Waals surface area (Å²) in [4.78, 5) is 42.4. The second kappa shape index (κ2) is 11.0. The number of hydrogen-bond acceptors (Lipinski definition) is 3. The lowest BCUT2D eigenvalue weighted by atomic mass is 10.1. The average Bonchev–Trinajstić information content (AvgIpc) is 3.14. The van der Waals surface area contributed by atoms with Gasteiger partial charge in [-0.05, 0) is 55.0 Å². The number of hydrogen-bond donors (Lipinski definition) is 1. The van der Waals surface area contributed by atoms with Crippen LogP contribution in [0, 0.1) is 0 Å². The Morgan fingerprint density at radius 2 is 1.77 bits per heavy atom. The minimum atomic E-state index is -0.593. The first-order chi connectivity index (χ1) is 16.9. The number of nitrogens with zero attached hydrogens (tertiary/aromatic N) is 2. The lowest BCUT2D eigenvalue weighted by Crippen LogP contribution is -2.47. The molecule has 1 aliphatic rings. The molecule has 0 spiro atoms. The number of carbonyl (C=O) groups is 3. The molecule has 1 heterocycles. The van der Waals surface area contributed by atoms with Gasteiger partial charge in [-0.25, -0.2) is 0 Å². The molecule has 0 bridgehead atoms. The van der Waals surface area contributed by atoms with E-state index in [1.807, 2.05) is 67.6 Å². The van der Waals surface area contributed by atoms with Crippen molar-refractivity contribution < 1.29 is 14.4 Å². The fraction of sp³-hybridized carbons (Fsp3) is 0.321. The van der Waals surface area contributed by atoms with Crippen molar-refractivity contribution in [2.45, 2.75) is 45.7 Å². The third-order valence-electron chi connectivity index (χ3n) is 6.40. The van der Waals surface area contributed by atoms with Gasteiger partial charge in [-0.1, -0.05) is 59.3 Å². The van der Waals surface area contributed by atoms with Crippen LogP contribution in [-0.4, -0.2) is 41.8 Å². The molecule has 0 fully saturated rings. The summed E-state index contributed by atoms with van der Waals surface area (Å²) in [6.07, 6.45) is 1.59. The van der Waals surface area contributed by atoms with Gasteiger partial charge < -0.3 is 15.1 Å². The van der Waals surface area contributed by atoms with Crippen LogP contribution in [0.2, 0.25) is 0 Å². The molecule has 4 rings (SSSR count). The van der Waals surface area contributed by atoms with E-state index < -0.39 is 6.04 Å². The number of rotatable bonds is 10. The summed E-state index contributed by atoms with van der Waals surface area (Å²) in [5.74, 6) is -0.285. The molecular weight excluding hydrogens is 506 g/mol. The first-order valence-corrected chi connectivity index (χ1v) is 12.8. The van der Waals surface area contributed by atoms with Gasteiger partial charge >= 0.3 is 0 Å². The van der Waals surface area contributed by atoms with Gasteiger partial charge in [0.1, 0.15) is 6.04 Å². The van der Waals surface area contributed by atoms with Gasteiger partial charge in [-0.15, -0.1) is 0 Å². The summed E-state index contributed by atoms with van der Waals surface area (Å²) in [6.45, 7) is 5.13. The van der Waals surface area contributed by atoms with Crippen LogP contribution in [0.5, 0.6) is 0 Å². The zero-order valence-electron chi connectivity index (χ0n) is 20.1. The first kappa shape index (κ1) is 24.9. The van der Waals surface area contributed by atoms with Crippen LogP contribution in [-0.2, 0) is 16.1 Å². The molecule has 3 aromatic rings. The van der Waals surface area contributed by atoms with Crippen molar-refractivity contribution in [1.82, 2.24) is 10.2 Å². The van der Waals surface area contributed by atoms with Gasteiger partial charge in [0.25, 0.3) is 5.91 Å². The smallest absolute Gasteiger partial charge is 0.258 e. The maximum atomic E-state index is 13.3. The minimum absolute atomic E-state index is 0.0247. The van der Waals surface area contributed by atoms with E-state index in [2.05, 4.69) is 21.2 Å². The molecule has 0 aliphatic carbocycles. The van der Waals surface area contributed by atoms with E-state index in [4.69, 9.17) is 0 Å².